The van der Waals surface area contributed by atoms with Gasteiger partial charge in [-0.05, 0) is 44.0 Å². The highest BCUT2D eigenvalue weighted by molar-refractivity contribution is 7.25. The molecule has 6 nitrogen and oxygen atoms in total. The number of benzene rings is 1. The van der Waals surface area contributed by atoms with Gasteiger partial charge >= 0.3 is 0 Å². The Bertz CT molecular complexity index is 1330. The molecule has 0 saturated heterocycles. The summed E-state index contributed by atoms with van der Waals surface area (Å²) in [6.45, 7) is 5.86. The van der Waals surface area contributed by atoms with E-state index in [1.165, 1.54) is 15.9 Å². The van der Waals surface area contributed by atoms with Crippen molar-refractivity contribution in [3.63, 3.8) is 0 Å². The van der Waals surface area contributed by atoms with Crippen LogP contribution in [0.4, 0.5) is 0 Å². The van der Waals surface area contributed by atoms with Gasteiger partial charge in [0.15, 0.2) is 0 Å². The zero-order chi connectivity index (χ0) is 20.7. The van der Waals surface area contributed by atoms with Crippen molar-refractivity contribution >= 4 is 49.3 Å². The number of pyridine rings is 1. The summed E-state index contributed by atoms with van der Waals surface area (Å²) in [6.07, 6.45) is 0. The van der Waals surface area contributed by atoms with Crippen molar-refractivity contribution in [2.75, 3.05) is 0 Å². The second-order valence-corrected chi connectivity index (χ2v) is 8.37. The number of amides is 1. The molecule has 4 rings (SSSR count). The molecule has 0 saturated carbocycles. The van der Waals surface area contributed by atoms with Crippen LogP contribution in [0.5, 0.6) is 0 Å². The average molecular weight is 427 g/mol. The third-order valence-corrected chi connectivity index (χ3v) is 6.23. The maximum absolute atomic E-state index is 13.1. The highest BCUT2D eigenvalue weighted by Crippen LogP contribution is 2.32. The number of rotatable bonds is 4. The van der Waals surface area contributed by atoms with Crippen LogP contribution < -0.4 is 10.9 Å². The second kappa shape index (κ2) is 7.57. The second-order valence-electron chi connectivity index (χ2n) is 6.96. The molecule has 3 aromatic heterocycles. The van der Waals surface area contributed by atoms with Gasteiger partial charge in [0.25, 0.3) is 5.56 Å². The number of aromatic nitrogens is 3. The molecule has 3 heterocycles. The molecule has 0 fully saturated rings. The van der Waals surface area contributed by atoms with E-state index >= 15 is 0 Å². The molecular formula is C21H19ClN4O2S. The first-order chi connectivity index (χ1) is 13.8. The molecule has 0 aliphatic heterocycles. The van der Waals surface area contributed by atoms with Crippen molar-refractivity contribution in [1.29, 1.82) is 0 Å². The van der Waals surface area contributed by atoms with Crippen LogP contribution in [0, 0.1) is 20.8 Å². The number of hydrogen-bond acceptors (Lipinski definition) is 5. The minimum atomic E-state index is -0.275. The van der Waals surface area contributed by atoms with Crippen LogP contribution in [-0.4, -0.2) is 20.4 Å². The molecular weight excluding hydrogens is 408 g/mol. The number of carbonyl (C=O) groups excluding carboxylic acids is 1. The standard InChI is InChI=1S/C21H19ClN4O2S/c1-11-8-12(2)24-20-17(11)18-19(29-20)21(28)26(13(3)25-18)10-16(27)23-9-14-6-4-5-7-15(14)22/h4-8H,9-10H2,1-3H3,(H,23,27). The number of thiophene rings is 1. The number of carbonyl (C=O) groups is 1. The third kappa shape index (κ3) is 3.63. The van der Waals surface area contributed by atoms with E-state index in [1.54, 1.807) is 13.0 Å². The van der Waals surface area contributed by atoms with Gasteiger partial charge in [-0.2, -0.15) is 0 Å². The Labute approximate surface area is 176 Å². The molecule has 0 spiro atoms. The lowest BCUT2D eigenvalue weighted by atomic mass is 10.1. The molecule has 0 bridgehead atoms. The van der Waals surface area contributed by atoms with Crippen molar-refractivity contribution in [2.45, 2.75) is 33.9 Å². The van der Waals surface area contributed by atoms with E-state index in [-0.39, 0.29) is 18.0 Å². The van der Waals surface area contributed by atoms with Crippen LogP contribution in [0.3, 0.4) is 0 Å². The minimum Gasteiger partial charge on any atom is -0.350 e. The first kappa shape index (κ1) is 19.5. The summed E-state index contributed by atoms with van der Waals surface area (Å²) < 4.78 is 1.92. The molecule has 0 aliphatic carbocycles. The van der Waals surface area contributed by atoms with Crippen LogP contribution in [-0.2, 0) is 17.9 Å². The van der Waals surface area contributed by atoms with Crippen molar-refractivity contribution < 1.29 is 4.79 Å². The predicted octanol–water partition coefficient (Wildman–Crippen LogP) is 3.90. The lowest BCUT2D eigenvalue weighted by molar-refractivity contribution is -0.121. The molecule has 1 aromatic carbocycles. The summed E-state index contributed by atoms with van der Waals surface area (Å²) >= 11 is 7.45. The van der Waals surface area contributed by atoms with Crippen molar-refractivity contribution in [3.05, 3.63) is 68.4 Å². The Hall–Kier alpha value is -2.77. The number of hydrogen-bond donors (Lipinski definition) is 1. The van der Waals surface area contributed by atoms with Gasteiger partial charge in [0.05, 0.1) is 5.52 Å². The Kier molecular flexibility index (Phi) is 5.10. The van der Waals surface area contributed by atoms with Gasteiger partial charge in [0.2, 0.25) is 5.91 Å². The Morgan fingerprint density at radius 2 is 1.97 bits per heavy atom. The molecule has 0 atom stereocenters. The summed E-state index contributed by atoms with van der Waals surface area (Å²) in [6, 6.07) is 9.30. The van der Waals surface area contributed by atoms with Crippen LogP contribution in [0.1, 0.15) is 22.6 Å². The molecule has 0 aliphatic rings. The lowest BCUT2D eigenvalue weighted by Gasteiger charge is -2.11. The molecule has 29 heavy (non-hydrogen) atoms. The zero-order valence-electron chi connectivity index (χ0n) is 16.2. The minimum absolute atomic E-state index is 0.0995. The van der Waals surface area contributed by atoms with Gasteiger partial charge in [-0.25, -0.2) is 9.97 Å². The predicted molar refractivity (Wildman–Crippen MR) is 117 cm³/mol. The Morgan fingerprint density at radius 1 is 1.21 bits per heavy atom. The topological polar surface area (TPSA) is 76.9 Å². The van der Waals surface area contributed by atoms with Crippen LogP contribution in [0.2, 0.25) is 5.02 Å². The fraction of sp³-hybridized carbons (Fsp3) is 0.238. The van der Waals surface area contributed by atoms with Gasteiger partial charge in [-0.1, -0.05) is 29.8 Å². The molecule has 148 valence electrons. The summed E-state index contributed by atoms with van der Waals surface area (Å²) in [5.41, 5.74) is 3.20. The maximum Gasteiger partial charge on any atom is 0.272 e. The van der Waals surface area contributed by atoms with Gasteiger partial charge in [-0.3, -0.25) is 14.2 Å². The highest BCUT2D eigenvalue weighted by atomic mass is 35.5. The van der Waals surface area contributed by atoms with E-state index in [0.717, 1.165) is 27.0 Å². The first-order valence-electron chi connectivity index (χ1n) is 9.13. The average Bonchev–Trinajstić information content (AvgIpc) is 3.03. The largest absolute Gasteiger partial charge is 0.350 e. The maximum atomic E-state index is 13.1. The van der Waals surface area contributed by atoms with Crippen molar-refractivity contribution in [2.24, 2.45) is 0 Å². The fourth-order valence-electron chi connectivity index (χ4n) is 3.39. The SMILES string of the molecule is Cc1cc(C)c2c(n1)sc1c(=O)n(CC(=O)NCc3ccccc3Cl)c(C)nc12. The summed E-state index contributed by atoms with van der Waals surface area (Å²) in [5.74, 6) is 0.220. The van der Waals surface area contributed by atoms with Crippen molar-refractivity contribution in [1.82, 2.24) is 19.9 Å². The normalized spacial score (nSPS) is 11.3. The number of halogens is 1. The van der Waals surface area contributed by atoms with Gasteiger partial charge in [0, 0.05) is 22.6 Å². The molecule has 0 radical (unpaired) electrons. The number of fused-ring (bicyclic) bond motifs is 3. The fourth-order valence-corrected chi connectivity index (χ4v) is 4.77. The number of aryl methyl sites for hydroxylation is 3. The monoisotopic (exact) mass is 426 g/mol. The number of nitrogens with zero attached hydrogens (tertiary/aromatic N) is 3. The number of nitrogens with one attached hydrogen (secondary N) is 1. The van der Waals surface area contributed by atoms with E-state index in [9.17, 15) is 9.59 Å². The van der Waals surface area contributed by atoms with E-state index < -0.39 is 0 Å². The lowest BCUT2D eigenvalue weighted by Crippen LogP contribution is -2.33. The summed E-state index contributed by atoms with van der Waals surface area (Å²) in [7, 11) is 0. The van der Waals surface area contributed by atoms with Crippen LogP contribution >= 0.6 is 22.9 Å². The van der Waals surface area contributed by atoms with Crippen LogP contribution in [0.25, 0.3) is 20.4 Å². The van der Waals surface area contributed by atoms with Gasteiger partial charge in [0.1, 0.15) is 21.9 Å². The van der Waals surface area contributed by atoms with Gasteiger partial charge in [-0.15, -0.1) is 11.3 Å². The van der Waals surface area contributed by atoms with E-state index in [2.05, 4.69) is 15.3 Å². The zero-order valence-corrected chi connectivity index (χ0v) is 17.8. The third-order valence-electron chi connectivity index (χ3n) is 4.80. The van der Waals surface area contributed by atoms with E-state index in [0.29, 0.717) is 27.6 Å². The smallest absolute Gasteiger partial charge is 0.272 e. The van der Waals surface area contributed by atoms with Crippen LogP contribution in [0.15, 0.2) is 35.1 Å². The molecule has 4 aromatic rings. The Morgan fingerprint density at radius 3 is 2.72 bits per heavy atom. The molecule has 0 unspecified atom stereocenters. The van der Waals surface area contributed by atoms with Gasteiger partial charge < -0.3 is 5.32 Å². The van der Waals surface area contributed by atoms with E-state index in [1.807, 2.05) is 38.1 Å². The summed E-state index contributed by atoms with van der Waals surface area (Å²) in [4.78, 5) is 35.5. The molecule has 8 heteroatoms. The quantitative estimate of drug-likeness (QED) is 0.537. The van der Waals surface area contributed by atoms with Crippen molar-refractivity contribution in [3.8, 4) is 0 Å². The summed E-state index contributed by atoms with van der Waals surface area (Å²) in [5, 5.41) is 4.31. The Balaban J connectivity index is 1.66. The molecule has 1 N–H and O–H groups in total. The first-order valence-corrected chi connectivity index (χ1v) is 10.3. The molecule has 1 amide bonds. The van der Waals surface area contributed by atoms with E-state index in [4.69, 9.17) is 11.6 Å². The highest BCUT2D eigenvalue weighted by Gasteiger charge is 2.18.